The van der Waals surface area contributed by atoms with Crippen LogP contribution in [0.5, 0.6) is 0 Å². The van der Waals surface area contributed by atoms with Crippen molar-refractivity contribution in [1.29, 1.82) is 0 Å². The molecule has 0 nitrogen and oxygen atoms in total. The van der Waals surface area contributed by atoms with Crippen LogP contribution in [0.25, 0.3) is 0 Å². The van der Waals surface area contributed by atoms with Gasteiger partial charge in [0.2, 0.25) is 0 Å². The van der Waals surface area contributed by atoms with E-state index in [0.29, 0.717) is 0 Å². The molecule has 0 aromatic heterocycles. The molecular formula is C10H17. The molecule has 1 radical (unpaired) electrons. The molecule has 0 heteroatoms. The van der Waals surface area contributed by atoms with E-state index in [2.05, 4.69) is 0 Å². The lowest BCUT2D eigenvalue weighted by Gasteiger charge is -2.34. The maximum absolute atomic E-state index is 1.93. The molecular weight excluding hydrogens is 120 g/mol. The minimum Gasteiger partial charge on any atom is -0.0530 e. The first kappa shape index (κ1) is 6.69. The molecule has 0 aliphatic heterocycles. The van der Waals surface area contributed by atoms with E-state index in [0.717, 1.165) is 5.92 Å². The second-order valence-electron chi connectivity index (χ2n) is 3.85. The second kappa shape index (κ2) is 2.94. The van der Waals surface area contributed by atoms with E-state index in [1.807, 2.05) is 5.92 Å². The van der Waals surface area contributed by atoms with Crippen LogP contribution in [0.2, 0.25) is 0 Å². The van der Waals surface area contributed by atoms with Gasteiger partial charge in [0.05, 0.1) is 0 Å². The summed E-state index contributed by atoms with van der Waals surface area (Å²) in [5.41, 5.74) is 0. The Labute approximate surface area is 64.0 Å². The van der Waals surface area contributed by atoms with Gasteiger partial charge in [-0.2, -0.15) is 0 Å². The maximum atomic E-state index is 1.93. The third-order valence-corrected chi connectivity index (χ3v) is 3.18. The molecule has 0 aromatic carbocycles. The van der Waals surface area contributed by atoms with Gasteiger partial charge in [-0.1, -0.05) is 25.7 Å². The fourth-order valence-corrected chi connectivity index (χ4v) is 2.57. The topological polar surface area (TPSA) is 0 Å². The predicted molar refractivity (Wildman–Crippen MR) is 43.7 cm³/mol. The molecule has 0 N–H and O–H groups in total. The Morgan fingerprint density at radius 3 is 1.90 bits per heavy atom. The summed E-state index contributed by atoms with van der Waals surface area (Å²) in [5, 5.41) is 0. The largest absolute Gasteiger partial charge is 0.0530 e. The molecule has 0 saturated heterocycles. The van der Waals surface area contributed by atoms with Crippen LogP contribution < -0.4 is 0 Å². The molecule has 2 aliphatic rings. The van der Waals surface area contributed by atoms with Crippen LogP contribution in [0.3, 0.4) is 0 Å². The molecule has 10 heavy (non-hydrogen) atoms. The van der Waals surface area contributed by atoms with Gasteiger partial charge in [0.25, 0.3) is 0 Å². The molecule has 2 rings (SSSR count). The van der Waals surface area contributed by atoms with E-state index in [1.165, 1.54) is 51.4 Å². The highest BCUT2D eigenvalue weighted by Gasteiger charge is 2.27. The first-order valence-corrected chi connectivity index (χ1v) is 4.81. The molecule has 2 fully saturated rings. The Morgan fingerprint density at radius 2 is 1.40 bits per heavy atom. The zero-order chi connectivity index (χ0) is 6.81. The summed E-state index contributed by atoms with van der Waals surface area (Å²) < 4.78 is 0. The van der Waals surface area contributed by atoms with Crippen molar-refractivity contribution in [2.45, 2.75) is 51.4 Å². The summed E-state index contributed by atoms with van der Waals surface area (Å²) >= 11 is 0. The van der Waals surface area contributed by atoms with Crippen LogP contribution in [0.15, 0.2) is 0 Å². The minimum absolute atomic E-state index is 1.07. The van der Waals surface area contributed by atoms with Gasteiger partial charge >= 0.3 is 0 Å². The lowest BCUT2D eigenvalue weighted by molar-refractivity contribution is 0.306. The molecule has 2 aliphatic carbocycles. The molecule has 0 bridgehead atoms. The van der Waals surface area contributed by atoms with Gasteiger partial charge in [-0.25, -0.2) is 0 Å². The van der Waals surface area contributed by atoms with Crippen LogP contribution in [0, 0.1) is 11.8 Å². The van der Waals surface area contributed by atoms with Crippen LogP contribution in [-0.4, -0.2) is 0 Å². The Bertz CT molecular complexity index is 80.6. The molecule has 0 spiro atoms. The molecule has 2 saturated carbocycles. The highest BCUT2D eigenvalue weighted by molar-refractivity contribution is 5.01. The Kier molecular flexibility index (Phi) is 1.97. The molecule has 0 amide bonds. The average Bonchev–Trinajstić information content (AvgIpc) is 2.05. The minimum atomic E-state index is 1.07. The van der Waals surface area contributed by atoms with E-state index < -0.39 is 0 Å². The Morgan fingerprint density at radius 1 is 0.800 bits per heavy atom. The summed E-state index contributed by atoms with van der Waals surface area (Å²) in [5.74, 6) is 3.00. The van der Waals surface area contributed by atoms with Gasteiger partial charge in [0.15, 0.2) is 0 Å². The number of hydrogen-bond acceptors (Lipinski definition) is 0. The zero-order valence-corrected chi connectivity index (χ0v) is 6.73. The summed E-state index contributed by atoms with van der Waals surface area (Å²) in [6.07, 6.45) is 12.0. The lowest BCUT2D eigenvalue weighted by atomic mass is 9.71. The van der Waals surface area contributed by atoms with Crippen LogP contribution in [0.4, 0.5) is 0 Å². The smallest absolute Gasteiger partial charge is 0.0210 e. The maximum Gasteiger partial charge on any atom is -0.0210 e. The van der Waals surface area contributed by atoms with Crippen molar-refractivity contribution < 1.29 is 0 Å². The standard InChI is InChI=1S/C10H17/c1-2-6-10-8-4-3-7-9(10)5-1/h9H,1-8H2. The van der Waals surface area contributed by atoms with Crippen molar-refractivity contribution >= 4 is 0 Å². The third-order valence-electron chi connectivity index (χ3n) is 3.18. The molecule has 0 unspecified atom stereocenters. The summed E-state index contributed by atoms with van der Waals surface area (Å²) in [6.45, 7) is 0. The van der Waals surface area contributed by atoms with Crippen molar-refractivity contribution in [3.8, 4) is 0 Å². The first-order chi connectivity index (χ1) is 4.97. The van der Waals surface area contributed by atoms with Crippen molar-refractivity contribution in [2.75, 3.05) is 0 Å². The van der Waals surface area contributed by atoms with Gasteiger partial charge in [-0.05, 0) is 37.5 Å². The van der Waals surface area contributed by atoms with Crippen molar-refractivity contribution in [3.05, 3.63) is 5.92 Å². The summed E-state index contributed by atoms with van der Waals surface area (Å²) in [4.78, 5) is 0. The van der Waals surface area contributed by atoms with Crippen LogP contribution in [-0.2, 0) is 0 Å². The van der Waals surface area contributed by atoms with Gasteiger partial charge in [-0.15, -0.1) is 0 Å². The quantitative estimate of drug-likeness (QED) is 0.480. The monoisotopic (exact) mass is 137 g/mol. The van der Waals surface area contributed by atoms with Crippen molar-refractivity contribution in [2.24, 2.45) is 5.92 Å². The van der Waals surface area contributed by atoms with E-state index in [9.17, 15) is 0 Å². The Balaban J connectivity index is 1.93. The average molecular weight is 137 g/mol. The van der Waals surface area contributed by atoms with Gasteiger partial charge < -0.3 is 0 Å². The molecule has 57 valence electrons. The first-order valence-electron chi connectivity index (χ1n) is 4.81. The Hall–Kier alpha value is 0. The predicted octanol–water partition coefficient (Wildman–Crippen LogP) is 3.33. The fourth-order valence-electron chi connectivity index (χ4n) is 2.57. The highest BCUT2D eigenvalue weighted by atomic mass is 14.3. The summed E-state index contributed by atoms with van der Waals surface area (Å²) in [6, 6.07) is 0. The second-order valence-corrected chi connectivity index (χ2v) is 3.85. The fraction of sp³-hybridized carbons (Fsp3) is 0.900. The van der Waals surface area contributed by atoms with E-state index in [1.54, 1.807) is 0 Å². The van der Waals surface area contributed by atoms with Crippen molar-refractivity contribution in [1.82, 2.24) is 0 Å². The summed E-state index contributed by atoms with van der Waals surface area (Å²) in [7, 11) is 0. The normalized spacial score (nSPS) is 30.0. The van der Waals surface area contributed by atoms with Gasteiger partial charge in [-0.3, -0.25) is 0 Å². The number of rotatable bonds is 0. The zero-order valence-electron chi connectivity index (χ0n) is 6.73. The molecule has 0 atom stereocenters. The molecule has 0 aromatic rings. The van der Waals surface area contributed by atoms with Gasteiger partial charge in [0, 0.05) is 0 Å². The lowest BCUT2D eigenvalue weighted by Crippen LogP contribution is -2.20. The number of fused-ring (bicyclic) bond motifs is 1. The van der Waals surface area contributed by atoms with E-state index in [4.69, 9.17) is 0 Å². The van der Waals surface area contributed by atoms with Crippen molar-refractivity contribution in [3.63, 3.8) is 0 Å². The van der Waals surface area contributed by atoms with E-state index in [-0.39, 0.29) is 0 Å². The third kappa shape index (κ3) is 1.21. The number of hydrogen-bond donors (Lipinski definition) is 0. The molecule has 0 heterocycles. The van der Waals surface area contributed by atoms with Crippen LogP contribution >= 0.6 is 0 Å². The highest BCUT2D eigenvalue weighted by Crippen LogP contribution is 2.41. The van der Waals surface area contributed by atoms with E-state index >= 15 is 0 Å². The van der Waals surface area contributed by atoms with Crippen LogP contribution in [0.1, 0.15) is 51.4 Å². The SMILES string of the molecule is C1CCC2CCCC[C]2C1. The van der Waals surface area contributed by atoms with Gasteiger partial charge in [0.1, 0.15) is 0 Å².